The van der Waals surface area contributed by atoms with Crippen LogP contribution >= 0.6 is 22.7 Å². The fraction of sp³-hybridized carbons (Fsp3) is 0.350. The average Bonchev–Trinajstić information content (AvgIpc) is 3.25. The van der Waals surface area contributed by atoms with Crippen LogP contribution in [0.2, 0.25) is 0 Å². The minimum atomic E-state index is -0.609. The average molecular weight is 477 g/mol. The van der Waals surface area contributed by atoms with Gasteiger partial charge in [0.1, 0.15) is 5.60 Å². The third-order valence-electron chi connectivity index (χ3n) is 3.73. The van der Waals surface area contributed by atoms with Gasteiger partial charge in [0.2, 0.25) is 5.91 Å². The first-order valence-electron chi connectivity index (χ1n) is 9.81. The first-order chi connectivity index (χ1) is 15.1. The van der Waals surface area contributed by atoms with Crippen LogP contribution in [0.15, 0.2) is 23.6 Å². The molecule has 4 N–H and O–H groups in total. The lowest BCUT2D eigenvalue weighted by Gasteiger charge is -2.18. The highest BCUT2D eigenvalue weighted by molar-refractivity contribution is 7.22. The quantitative estimate of drug-likeness (QED) is 0.416. The van der Waals surface area contributed by atoms with Crippen LogP contribution in [0.4, 0.5) is 25.5 Å². The van der Waals surface area contributed by atoms with E-state index in [1.807, 2.05) is 6.92 Å². The molecule has 0 spiro atoms. The number of hydrogen-bond acceptors (Lipinski definition) is 8. The van der Waals surface area contributed by atoms with Crippen molar-refractivity contribution >= 4 is 66.9 Å². The van der Waals surface area contributed by atoms with Crippen molar-refractivity contribution in [1.29, 1.82) is 0 Å². The summed E-state index contributed by atoms with van der Waals surface area (Å²) < 4.78 is 6.01. The summed E-state index contributed by atoms with van der Waals surface area (Å²) in [4.78, 5) is 44.5. The highest BCUT2D eigenvalue weighted by Crippen LogP contribution is 2.28. The van der Waals surface area contributed by atoms with Gasteiger partial charge in [-0.1, -0.05) is 11.3 Å². The summed E-state index contributed by atoms with van der Waals surface area (Å²) in [6.45, 7) is 7.66. The van der Waals surface area contributed by atoms with E-state index in [0.717, 1.165) is 10.2 Å². The van der Waals surface area contributed by atoms with Crippen LogP contribution in [0.1, 0.15) is 33.4 Å². The van der Waals surface area contributed by atoms with Crippen LogP contribution in [-0.2, 0) is 16.0 Å². The van der Waals surface area contributed by atoms with Gasteiger partial charge in [0, 0.05) is 17.6 Å². The molecule has 0 aliphatic rings. The van der Waals surface area contributed by atoms with E-state index in [2.05, 4.69) is 31.2 Å². The second-order valence-electron chi connectivity index (χ2n) is 7.68. The summed E-state index contributed by atoms with van der Waals surface area (Å²) >= 11 is 2.53. The summed E-state index contributed by atoms with van der Waals surface area (Å²) in [6.07, 6.45) is -0.543. The molecular formula is C20H24N6O4S2. The van der Waals surface area contributed by atoms with E-state index >= 15 is 0 Å². The molecule has 10 nitrogen and oxygen atoms in total. The number of benzene rings is 1. The van der Waals surface area contributed by atoms with E-state index in [9.17, 15) is 14.4 Å². The number of nitrogens with zero attached hydrogens (tertiary/aromatic N) is 2. The van der Waals surface area contributed by atoms with Crippen molar-refractivity contribution in [2.24, 2.45) is 0 Å². The van der Waals surface area contributed by atoms with Gasteiger partial charge in [0.05, 0.1) is 22.3 Å². The number of anilines is 3. The number of urea groups is 1. The minimum absolute atomic E-state index is 0.0528. The minimum Gasteiger partial charge on any atom is -0.444 e. The molecule has 2 aromatic heterocycles. The third-order valence-corrected chi connectivity index (χ3v) is 5.47. The van der Waals surface area contributed by atoms with Crippen molar-refractivity contribution in [3.8, 4) is 0 Å². The number of carbonyl (C=O) groups excluding carboxylic acids is 3. The second kappa shape index (κ2) is 9.92. The first kappa shape index (κ1) is 23.4. The highest BCUT2D eigenvalue weighted by atomic mass is 32.1. The monoisotopic (exact) mass is 476 g/mol. The number of aromatic nitrogens is 2. The van der Waals surface area contributed by atoms with E-state index in [0.29, 0.717) is 28.2 Å². The Balaban J connectivity index is 1.57. The number of hydrogen-bond donors (Lipinski definition) is 4. The SMILES string of the molecule is CCNC(=O)Nc1nc2ccc(NC(=O)Cc3csc(NC(=O)OC(C)(C)C)n3)cc2s1. The Morgan fingerprint density at radius 2 is 1.84 bits per heavy atom. The Bertz CT molecular complexity index is 1130. The molecule has 0 bridgehead atoms. The molecule has 0 aliphatic heterocycles. The van der Waals surface area contributed by atoms with Crippen molar-refractivity contribution in [2.45, 2.75) is 39.7 Å². The van der Waals surface area contributed by atoms with Gasteiger partial charge < -0.3 is 15.4 Å². The van der Waals surface area contributed by atoms with Crippen molar-refractivity contribution in [3.63, 3.8) is 0 Å². The molecule has 0 aliphatic carbocycles. The van der Waals surface area contributed by atoms with E-state index in [1.54, 1.807) is 44.4 Å². The Morgan fingerprint density at radius 3 is 2.56 bits per heavy atom. The highest BCUT2D eigenvalue weighted by Gasteiger charge is 2.18. The molecule has 0 radical (unpaired) electrons. The second-order valence-corrected chi connectivity index (χ2v) is 9.57. The predicted octanol–water partition coefficient (Wildman–Crippen LogP) is 4.42. The van der Waals surface area contributed by atoms with Crippen LogP contribution in [0, 0.1) is 0 Å². The molecule has 170 valence electrons. The summed E-state index contributed by atoms with van der Waals surface area (Å²) in [5.41, 5.74) is 1.25. The van der Waals surface area contributed by atoms with Gasteiger partial charge in [-0.25, -0.2) is 19.6 Å². The van der Waals surface area contributed by atoms with Crippen LogP contribution in [-0.4, -0.2) is 40.1 Å². The van der Waals surface area contributed by atoms with E-state index in [-0.39, 0.29) is 18.4 Å². The van der Waals surface area contributed by atoms with Crippen LogP contribution in [0.25, 0.3) is 10.2 Å². The molecule has 0 saturated heterocycles. The third kappa shape index (κ3) is 6.89. The van der Waals surface area contributed by atoms with E-state index in [1.165, 1.54) is 22.7 Å². The largest absolute Gasteiger partial charge is 0.444 e. The van der Waals surface area contributed by atoms with Gasteiger partial charge in [-0.15, -0.1) is 11.3 Å². The van der Waals surface area contributed by atoms with E-state index in [4.69, 9.17) is 4.74 Å². The molecule has 2 heterocycles. The molecule has 4 amide bonds. The molecule has 1 aromatic carbocycles. The zero-order chi connectivity index (χ0) is 23.3. The van der Waals surface area contributed by atoms with Gasteiger partial charge in [-0.3, -0.25) is 15.4 Å². The van der Waals surface area contributed by atoms with E-state index < -0.39 is 11.7 Å². The number of amides is 4. The summed E-state index contributed by atoms with van der Waals surface area (Å²) in [7, 11) is 0. The normalized spacial score (nSPS) is 11.1. The number of fused-ring (bicyclic) bond motifs is 1. The fourth-order valence-corrected chi connectivity index (χ4v) is 4.16. The molecule has 0 atom stereocenters. The van der Waals surface area contributed by atoms with Crippen molar-refractivity contribution < 1.29 is 19.1 Å². The van der Waals surface area contributed by atoms with Crippen LogP contribution in [0.3, 0.4) is 0 Å². The molecule has 0 fully saturated rings. The lowest BCUT2D eigenvalue weighted by Crippen LogP contribution is -2.28. The lowest BCUT2D eigenvalue weighted by atomic mass is 10.2. The number of ether oxygens (including phenoxy) is 1. The zero-order valence-corrected chi connectivity index (χ0v) is 19.7. The maximum atomic E-state index is 12.4. The van der Waals surface area contributed by atoms with Gasteiger partial charge in [-0.05, 0) is 45.9 Å². The van der Waals surface area contributed by atoms with Crippen molar-refractivity contribution in [2.75, 3.05) is 22.5 Å². The predicted molar refractivity (Wildman–Crippen MR) is 127 cm³/mol. The number of thiazole rings is 2. The van der Waals surface area contributed by atoms with Gasteiger partial charge >= 0.3 is 12.1 Å². The lowest BCUT2D eigenvalue weighted by molar-refractivity contribution is -0.115. The molecular weight excluding hydrogens is 452 g/mol. The Labute approximate surface area is 192 Å². The molecule has 3 aromatic rings. The zero-order valence-electron chi connectivity index (χ0n) is 18.1. The van der Waals surface area contributed by atoms with Crippen LogP contribution in [0.5, 0.6) is 0 Å². The number of rotatable bonds is 6. The fourth-order valence-electron chi connectivity index (χ4n) is 2.56. The Morgan fingerprint density at radius 1 is 1.06 bits per heavy atom. The van der Waals surface area contributed by atoms with Gasteiger partial charge in [0.15, 0.2) is 10.3 Å². The number of carbonyl (C=O) groups is 3. The topological polar surface area (TPSA) is 134 Å². The smallest absolute Gasteiger partial charge is 0.413 e. The van der Waals surface area contributed by atoms with Crippen molar-refractivity contribution in [3.05, 3.63) is 29.3 Å². The summed E-state index contributed by atoms with van der Waals surface area (Å²) in [5.74, 6) is -0.247. The van der Waals surface area contributed by atoms with Gasteiger partial charge in [-0.2, -0.15) is 0 Å². The van der Waals surface area contributed by atoms with Crippen molar-refractivity contribution in [1.82, 2.24) is 15.3 Å². The standard InChI is InChI=1S/C20H24N6O4S2/c1-5-21-16(28)25-18-24-13-7-6-11(8-14(13)32-18)22-15(27)9-12-10-31-17(23-12)26-19(29)30-20(2,3)4/h6-8,10H,5,9H2,1-4H3,(H,22,27)(H,23,26,29)(H2,21,24,25,28). The van der Waals surface area contributed by atoms with Gasteiger partial charge in [0.25, 0.3) is 0 Å². The Hall–Kier alpha value is -3.25. The summed E-state index contributed by atoms with van der Waals surface area (Å²) in [6, 6.07) is 5.00. The summed E-state index contributed by atoms with van der Waals surface area (Å²) in [5, 5.41) is 13.3. The number of nitrogens with one attached hydrogen (secondary N) is 4. The molecule has 0 saturated carbocycles. The molecule has 32 heavy (non-hydrogen) atoms. The Kier molecular flexibility index (Phi) is 7.26. The molecule has 3 rings (SSSR count). The van der Waals surface area contributed by atoms with Crippen LogP contribution < -0.4 is 21.3 Å². The molecule has 12 heteroatoms. The molecule has 0 unspecified atom stereocenters. The maximum absolute atomic E-state index is 12.4. The first-order valence-corrected chi connectivity index (χ1v) is 11.5. The maximum Gasteiger partial charge on any atom is 0.413 e.